The summed E-state index contributed by atoms with van der Waals surface area (Å²) in [7, 11) is 0. The summed E-state index contributed by atoms with van der Waals surface area (Å²) in [5.74, 6) is 0.796. The summed E-state index contributed by atoms with van der Waals surface area (Å²) in [6.07, 6.45) is 1.46. The summed E-state index contributed by atoms with van der Waals surface area (Å²) >= 11 is 1.48. The molecule has 0 atom stereocenters. The lowest BCUT2D eigenvalue weighted by Gasteiger charge is -2.38. The third kappa shape index (κ3) is 5.66. The SMILES string of the molecule is CC(C)=N/C(C)=C(\C)c1csc(Nc2ccc(C(=O)N3CC(Oc4ccc(F)cc4)C3)cn2)n1. The minimum atomic E-state index is -0.308. The van der Waals surface area contributed by atoms with Crippen LogP contribution in [0.25, 0.3) is 5.57 Å². The lowest BCUT2D eigenvalue weighted by molar-refractivity contribution is 0.0177. The predicted molar refractivity (Wildman–Crippen MR) is 133 cm³/mol. The van der Waals surface area contributed by atoms with Gasteiger partial charge in [-0.15, -0.1) is 11.3 Å². The van der Waals surface area contributed by atoms with Crippen LogP contribution in [0.15, 0.2) is 58.7 Å². The van der Waals surface area contributed by atoms with Crippen LogP contribution in [0.1, 0.15) is 43.7 Å². The monoisotopic (exact) mass is 479 g/mol. The first-order chi connectivity index (χ1) is 16.3. The lowest BCUT2D eigenvalue weighted by atomic mass is 10.1. The van der Waals surface area contributed by atoms with Crippen molar-refractivity contribution >= 4 is 39.5 Å². The molecule has 176 valence electrons. The van der Waals surface area contributed by atoms with Gasteiger partial charge in [0, 0.05) is 23.0 Å². The number of hydrogen-bond donors (Lipinski definition) is 1. The van der Waals surface area contributed by atoms with Gasteiger partial charge in [-0.05, 0) is 69.7 Å². The highest BCUT2D eigenvalue weighted by Crippen LogP contribution is 2.26. The highest BCUT2D eigenvalue weighted by Gasteiger charge is 2.33. The first-order valence-corrected chi connectivity index (χ1v) is 11.8. The van der Waals surface area contributed by atoms with E-state index < -0.39 is 0 Å². The van der Waals surface area contributed by atoms with Gasteiger partial charge in [-0.25, -0.2) is 14.4 Å². The first-order valence-electron chi connectivity index (χ1n) is 10.9. The van der Waals surface area contributed by atoms with Crippen LogP contribution >= 0.6 is 11.3 Å². The Morgan fingerprint density at radius 1 is 1.15 bits per heavy atom. The molecule has 0 aliphatic carbocycles. The Bertz CT molecular complexity index is 1220. The number of benzene rings is 1. The smallest absolute Gasteiger partial charge is 0.255 e. The van der Waals surface area contributed by atoms with Crippen molar-refractivity contribution in [3.05, 3.63) is 70.7 Å². The van der Waals surface area contributed by atoms with Crippen LogP contribution in [0.4, 0.5) is 15.3 Å². The number of aromatic nitrogens is 2. The number of likely N-dealkylation sites (tertiary alicyclic amines) is 1. The van der Waals surface area contributed by atoms with Crippen LogP contribution in [-0.2, 0) is 0 Å². The van der Waals surface area contributed by atoms with Crippen molar-refractivity contribution in [1.29, 1.82) is 0 Å². The summed E-state index contributed by atoms with van der Waals surface area (Å²) in [5.41, 5.74) is 4.34. The Morgan fingerprint density at radius 2 is 1.88 bits per heavy atom. The maximum absolute atomic E-state index is 13.0. The van der Waals surface area contributed by atoms with Gasteiger partial charge < -0.3 is 15.0 Å². The van der Waals surface area contributed by atoms with Gasteiger partial charge in [0.15, 0.2) is 5.13 Å². The second kappa shape index (κ2) is 10.1. The summed E-state index contributed by atoms with van der Waals surface area (Å²) in [4.78, 5) is 27.9. The van der Waals surface area contributed by atoms with Crippen molar-refractivity contribution in [2.75, 3.05) is 18.4 Å². The number of anilines is 2. The molecule has 1 amide bonds. The largest absolute Gasteiger partial charge is 0.487 e. The molecule has 4 rings (SSSR count). The number of amides is 1. The van der Waals surface area contributed by atoms with Crippen molar-refractivity contribution < 1.29 is 13.9 Å². The highest BCUT2D eigenvalue weighted by molar-refractivity contribution is 7.13. The molecule has 3 heterocycles. The summed E-state index contributed by atoms with van der Waals surface area (Å²) < 4.78 is 18.8. The van der Waals surface area contributed by atoms with E-state index in [9.17, 15) is 9.18 Å². The molecule has 2 aromatic heterocycles. The van der Waals surface area contributed by atoms with E-state index in [1.165, 1.54) is 23.5 Å². The van der Waals surface area contributed by atoms with Crippen molar-refractivity contribution in [2.24, 2.45) is 4.99 Å². The Kier molecular flexibility index (Phi) is 7.02. The molecular formula is C25H26FN5O2S. The van der Waals surface area contributed by atoms with Crippen LogP contribution < -0.4 is 10.1 Å². The van der Waals surface area contributed by atoms with Gasteiger partial charge >= 0.3 is 0 Å². The number of thiazole rings is 1. The highest BCUT2D eigenvalue weighted by atomic mass is 32.1. The number of carbonyl (C=O) groups is 1. The van der Waals surface area contributed by atoms with E-state index in [2.05, 4.69) is 20.3 Å². The van der Waals surface area contributed by atoms with Gasteiger partial charge in [0.2, 0.25) is 0 Å². The maximum atomic E-state index is 13.0. The minimum absolute atomic E-state index is 0.0995. The number of pyridine rings is 1. The maximum Gasteiger partial charge on any atom is 0.255 e. The molecule has 0 saturated carbocycles. The van der Waals surface area contributed by atoms with Crippen molar-refractivity contribution in [1.82, 2.24) is 14.9 Å². The van der Waals surface area contributed by atoms with Gasteiger partial charge in [0.05, 0.1) is 24.3 Å². The van der Waals surface area contributed by atoms with E-state index in [-0.39, 0.29) is 17.8 Å². The van der Waals surface area contributed by atoms with Gasteiger partial charge in [-0.1, -0.05) is 0 Å². The second-order valence-corrected chi connectivity index (χ2v) is 9.13. The van der Waals surface area contributed by atoms with E-state index in [4.69, 9.17) is 4.74 Å². The van der Waals surface area contributed by atoms with E-state index in [0.717, 1.165) is 27.8 Å². The standard InChI is InChI=1S/C25H26FN5O2S/c1-15(2)28-17(4)16(3)22-14-34-25(29-22)30-23-10-5-18(11-27-23)24(32)31-12-21(13-31)33-20-8-6-19(26)7-9-20/h5-11,14,21H,12-13H2,1-4H3,(H,27,29,30)/b17-16+. The number of ether oxygens (including phenoxy) is 1. The normalized spacial score (nSPS) is 14.2. The molecule has 9 heteroatoms. The number of halogens is 1. The topological polar surface area (TPSA) is 79.7 Å². The molecule has 34 heavy (non-hydrogen) atoms. The van der Waals surface area contributed by atoms with E-state index in [0.29, 0.717) is 30.2 Å². The van der Waals surface area contributed by atoms with Crippen LogP contribution in [0.2, 0.25) is 0 Å². The molecule has 1 aromatic carbocycles. The van der Waals surface area contributed by atoms with Crippen molar-refractivity contribution in [2.45, 2.75) is 33.8 Å². The molecule has 1 saturated heterocycles. The number of rotatable bonds is 7. The molecule has 1 fully saturated rings. The first kappa shape index (κ1) is 23.6. The molecule has 3 aromatic rings. The van der Waals surface area contributed by atoms with Crippen molar-refractivity contribution in [3.8, 4) is 5.75 Å². The predicted octanol–water partition coefficient (Wildman–Crippen LogP) is 5.56. The van der Waals surface area contributed by atoms with Crippen LogP contribution in [0.3, 0.4) is 0 Å². The zero-order valence-corrected chi connectivity index (χ0v) is 20.3. The second-order valence-electron chi connectivity index (χ2n) is 8.27. The third-order valence-corrected chi connectivity index (χ3v) is 6.08. The Morgan fingerprint density at radius 3 is 2.53 bits per heavy atom. The average molecular weight is 480 g/mol. The molecule has 0 spiro atoms. The number of allylic oxidation sites excluding steroid dienone is 2. The van der Waals surface area contributed by atoms with Crippen LogP contribution in [-0.4, -0.2) is 45.7 Å². The molecular weight excluding hydrogens is 453 g/mol. The average Bonchev–Trinajstić information content (AvgIpc) is 3.24. The Labute approximate surface area is 202 Å². The number of nitrogens with zero attached hydrogens (tertiary/aromatic N) is 4. The quantitative estimate of drug-likeness (QED) is 0.449. The molecule has 0 unspecified atom stereocenters. The molecule has 1 aliphatic rings. The minimum Gasteiger partial charge on any atom is -0.487 e. The van der Waals surface area contributed by atoms with Crippen LogP contribution in [0.5, 0.6) is 5.75 Å². The fourth-order valence-electron chi connectivity index (χ4n) is 3.38. The molecule has 7 nitrogen and oxygen atoms in total. The number of carbonyl (C=O) groups excluding carboxylic acids is 1. The van der Waals surface area contributed by atoms with Gasteiger partial charge in [0.1, 0.15) is 23.5 Å². The fraction of sp³-hybridized carbons (Fsp3) is 0.280. The lowest BCUT2D eigenvalue weighted by Crippen LogP contribution is -2.56. The summed E-state index contributed by atoms with van der Waals surface area (Å²) in [5, 5.41) is 5.88. The van der Waals surface area contributed by atoms with Crippen molar-refractivity contribution in [3.63, 3.8) is 0 Å². The summed E-state index contributed by atoms with van der Waals surface area (Å²) in [6.45, 7) is 8.86. The molecule has 0 radical (unpaired) electrons. The van der Waals surface area contributed by atoms with Gasteiger partial charge in [0.25, 0.3) is 5.91 Å². The number of hydrogen-bond acceptors (Lipinski definition) is 7. The molecule has 1 aliphatic heterocycles. The van der Waals surface area contributed by atoms with Gasteiger partial charge in [-0.2, -0.15) is 0 Å². The number of nitrogens with one attached hydrogen (secondary N) is 1. The van der Waals surface area contributed by atoms with E-state index >= 15 is 0 Å². The Hall–Kier alpha value is -3.59. The summed E-state index contributed by atoms with van der Waals surface area (Å²) in [6, 6.07) is 9.38. The van der Waals surface area contributed by atoms with Crippen LogP contribution in [0, 0.1) is 5.82 Å². The fourth-order valence-corrected chi connectivity index (χ4v) is 4.15. The Balaban J connectivity index is 1.31. The number of aliphatic imine (C=N–C) groups is 1. The molecule has 1 N–H and O–H groups in total. The van der Waals surface area contributed by atoms with Gasteiger partial charge in [-0.3, -0.25) is 9.79 Å². The molecule has 0 bridgehead atoms. The zero-order chi connectivity index (χ0) is 24.2. The van der Waals surface area contributed by atoms with E-state index in [1.807, 2.05) is 33.1 Å². The zero-order valence-electron chi connectivity index (χ0n) is 19.5. The van der Waals surface area contributed by atoms with E-state index in [1.54, 1.807) is 35.4 Å². The third-order valence-electron chi connectivity index (χ3n) is 5.32.